The van der Waals surface area contributed by atoms with Gasteiger partial charge in [-0.15, -0.1) is 0 Å². The molecule has 0 saturated carbocycles. The molecule has 0 amide bonds. The highest BCUT2D eigenvalue weighted by Crippen LogP contribution is 2.23. The van der Waals surface area contributed by atoms with Crippen molar-refractivity contribution >= 4 is 17.7 Å². The molecule has 90 valence electrons. The van der Waals surface area contributed by atoms with Gasteiger partial charge in [0.25, 0.3) is 0 Å². The number of hydrogen-bond donors (Lipinski definition) is 0. The molecule has 0 radical (unpaired) electrons. The molecule has 0 saturated heterocycles. The van der Waals surface area contributed by atoms with Crippen LogP contribution in [0.15, 0.2) is 53.8 Å². The van der Waals surface area contributed by atoms with E-state index in [1.165, 1.54) is 0 Å². The summed E-state index contributed by atoms with van der Waals surface area (Å²) >= 11 is 5.84. The lowest BCUT2D eigenvalue weighted by Crippen LogP contribution is -2.00. The number of isocyanates is 1. The smallest absolute Gasteiger partial charge is 0.235 e. The highest BCUT2D eigenvalue weighted by atomic mass is 35.5. The first-order chi connectivity index (χ1) is 8.79. The van der Waals surface area contributed by atoms with Crippen LogP contribution in [0.5, 0.6) is 0 Å². The summed E-state index contributed by atoms with van der Waals surface area (Å²) in [6.45, 7) is 0. The van der Waals surface area contributed by atoms with Crippen molar-refractivity contribution in [2.45, 2.75) is 12.5 Å². The van der Waals surface area contributed by atoms with E-state index < -0.39 is 0 Å². The molecule has 1 aromatic heterocycles. The molecule has 0 aliphatic heterocycles. The number of aromatic nitrogens is 1. The lowest BCUT2D eigenvalue weighted by molar-refractivity contribution is 0.557. The van der Waals surface area contributed by atoms with E-state index in [9.17, 15) is 4.79 Å². The van der Waals surface area contributed by atoms with E-state index >= 15 is 0 Å². The number of aliphatic imine (C=N–C) groups is 1. The zero-order valence-electron chi connectivity index (χ0n) is 9.58. The van der Waals surface area contributed by atoms with Crippen molar-refractivity contribution in [3.63, 3.8) is 0 Å². The molecular weight excluding hydrogens is 248 g/mol. The van der Waals surface area contributed by atoms with Gasteiger partial charge in [0.2, 0.25) is 6.08 Å². The molecule has 1 unspecified atom stereocenters. The molecule has 1 atom stereocenters. The van der Waals surface area contributed by atoms with Gasteiger partial charge in [-0.05, 0) is 29.3 Å². The maximum absolute atomic E-state index is 10.5. The van der Waals surface area contributed by atoms with Gasteiger partial charge in [-0.1, -0.05) is 29.8 Å². The number of rotatable bonds is 4. The predicted molar refractivity (Wildman–Crippen MR) is 70.3 cm³/mol. The third kappa shape index (κ3) is 3.27. The quantitative estimate of drug-likeness (QED) is 0.623. The Morgan fingerprint density at radius 3 is 2.67 bits per heavy atom. The third-order valence-electron chi connectivity index (χ3n) is 2.62. The molecule has 0 aliphatic rings. The molecule has 0 fully saturated rings. The fraction of sp³-hybridized carbons (Fsp3) is 0.143. The number of pyridine rings is 1. The van der Waals surface area contributed by atoms with Crippen molar-refractivity contribution in [2.75, 3.05) is 0 Å². The Balaban J connectivity index is 2.23. The summed E-state index contributed by atoms with van der Waals surface area (Å²) < 4.78 is 0. The highest BCUT2D eigenvalue weighted by Gasteiger charge is 2.11. The molecule has 3 nitrogen and oxygen atoms in total. The predicted octanol–water partition coefficient (Wildman–Crippen LogP) is 3.35. The number of nitrogens with zero attached hydrogens (tertiary/aromatic N) is 2. The monoisotopic (exact) mass is 258 g/mol. The van der Waals surface area contributed by atoms with Crippen molar-refractivity contribution in [1.29, 1.82) is 0 Å². The largest absolute Gasteiger partial charge is 0.264 e. The Hall–Kier alpha value is -1.96. The number of halogens is 1. The van der Waals surface area contributed by atoms with Crippen LogP contribution >= 0.6 is 11.6 Å². The molecule has 18 heavy (non-hydrogen) atoms. The maximum Gasteiger partial charge on any atom is 0.235 e. The van der Waals surface area contributed by atoms with Crippen LogP contribution in [0.4, 0.5) is 0 Å². The van der Waals surface area contributed by atoms with E-state index in [0.717, 1.165) is 11.1 Å². The van der Waals surface area contributed by atoms with Crippen molar-refractivity contribution in [2.24, 2.45) is 4.99 Å². The van der Waals surface area contributed by atoms with Gasteiger partial charge in [0, 0.05) is 23.8 Å². The van der Waals surface area contributed by atoms with E-state index in [-0.39, 0.29) is 6.04 Å². The molecule has 0 spiro atoms. The van der Waals surface area contributed by atoms with Crippen molar-refractivity contribution in [3.05, 3.63) is 64.9 Å². The minimum absolute atomic E-state index is 0.246. The van der Waals surface area contributed by atoms with Gasteiger partial charge in [0.1, 0.15) is 0 Å². The molecule has 4 heteroatoms. The molecule has 1 heterocycles. The van der Waals surface area contributed by atoms with Crippen LogP contribution in [-0.2, 0) is 11.2 Å². The first-order valence-corrected chi connectivity index (χ1v) is 5.89. The van der Waals surface area contributed by atoms with Gasteiger partial charge in [-0.25, -0.2) is 4.79 Å². The molecule has 2 aromatic rings. The topological polar surface area (TPSA) is 42.3 Å². The van der Waals surface area contributed by atoms with Gasteiger partial charge >= 0.3 is 0 Å². The summed E-state index contributed by atoms with van der Waals surface area (Å²) in [6, 6.07) is 10.9. The van der Waals surface area contributed by atoms with Gasteiger partial charge < -0.3 is 0 Å². The molecule has 2 rings (SSSR count). The molecule has 0 bridgehead atoms. The molecular formula is C14H11ClN2O. The van der Waals surface area contributed by atoms with Crippen molar-refractivity contribution in [1.82, 2.24) is 4.98 Å². The summed E-state index contributed by atoms with van der Waals surface area (Å²) in [5.74, 6) is 0. The van der Waals surface area contributed by atoms with Crippen LogP contribution in [0.2, 0.25) is 5.02 Å². The van der Waals surface area contributed by atoms with Crippen molar-refractivity contribution in [3.8, 4) is 0 Å². The second-order valence-corrected chi connectivity index (χ2v) is 4.29. The van der Waals surface area contributed by atoms with Gasteiger partial charge in [-0.3, -0.25) is 4.98 Å². The zero-order chi connectivity index (χ0) is 12.8. The average Bonchev–Trinajstić information content (AvgIpc) is 2.40. The second kappa shape index (κ2) is 6.10. The van der Waals surface area contributed by atoms with Crippen LogP contribution in [0.25, 0.3) is 0 Å². The number of benzene rings is 1. The third-order valence-corrected chi connectivity index (χ3v) is 2.87. The normalized spacial score (nSPS) is 11.6. The van der Waals surface area contributed by atoms with Crippen LogP contribution < -0.4 is 0 Å². The number of carbonyl (C=O) groups excluding carboxylic acids is 1. The number of hydrogen-bond acceptors (Lipinski definition) is 3. The highest BCUT2D eigenvalue weighted by molar-refractivity contribution is 6.30. The van der Waals surface area contributed by atoms with E-state index in [1.807, 2.05) is 24.3 Å². The SMILES string of the molecule is O=C=NC(Cc1cccnc1)c1ccc(Cl)cc1. The van der Waals surface area contributed by atoms with Crippen LogP contribution in [0, 0.1) is 0 Å². The van der Waals surface area contributed by atoms with Crippen molar-refractivity contribution < 1.29 is 4.79 Å². The average molecular weight is 259 g/mol. The Kier molecular flexibility index (Phi) is 4.24. The summed E-state index contributed by atoms with van der Waals surface area (Å²) in [5, 5.41) is 0.661. The lowest BCUT2D eigenvalue weighted by Gasteiger charge is -2.10. The Bertz CT molecular complexity index is 548. The summed E-state index contributed by atoms with van der Waals surface area (Å²) in [7, 11) is 0. The Morgan fingerprint density at radius 1 is 1.28 bits per heavy atom. The van der Waals surface area contributed by atoms with Crippen LogP contribution in [0.3, 0.4) is 0 Å². The summed E-state index contributed by atoms with van der Waals surface area (Å²) in [5.41, 5.74) is 1.96. The lowest BCUT2D eigenvalue weighted by atomic mass is 10.0. The summed E-state index contributed by atoms with van der Waals surface area (Å²) in [4.78, 5) is 18.4. The Morgan fingerprint density at radius 2 is 2.06 bits per heavy atom. The standard InChI is InChI=1S/C14H11ClN2O/c15-13-5-3-12(4-6-13)14(17-10-18)8-11-2-1-7-16-9-11/h1-7,9,14H,8H2. The maximum atomic E-state index is 10.5. The minimum atomic E-state index is -0.246. The van der Waals surface area contributed by atoms with E-state index in [1.54, 1.807) is 30.6 Å². The molecule has 1 aromatic carbocycles. The van der Waals surface area contributed by atoms with E-state index in [2.05, 4.69) is 9.98 Å². The van der Waals surface area contributed by atoms with Crippen LogP contribution in [-0.4, -0.2) is 11.1 Å². The molecule has 0 aliphatic carbocycles. The Labute approximate surface area is 110 Å². The van der Waals surface area contributed by atoms with Gasteiger partial charge in [0.05, 0.1) is 6.04 Å². The fourth-order valence-electron chi connectivity index (χ4n) is 1.73. The second-order valence-electron chi connectivity index (χ2n) is 3.85. The minimum Gasteiger partial charge on any atom is -0.264 e. The van der Waals surface area contributed by atoms with Gasteiger partial charge in [0.15, 0.2) is 0 Å². The van der Waals surface area contributed by atoms with E-state index in [0.29, 0.717) is 11.4 Å². The summed E-state index contributed by atoms with van der Waals surface area (Å²) in [6.07, 6.45) is 5.72. The first-order valence-electron chi connectivity index (χ1n) is 5.51. The van der Waals surface area contributed by atoms with Gasteiger partial charge in [-0.2, -0.15) is 4.99 Å². The molecule has 0 N–H and O–H groups in total. The first kappa shape index (κ1) is 12.5. The fourth-order valence-corrected chi connectivity index (χ4v) is 1.85. The van der Waals surface area contributed by atoms with Crippen LogP contribution in [0.1, 0.15) is 17.2 Å². The zero-order valence-corrected chi connectivity index (χ0v) is 10.3. The van der Waals surface area contributed by atoms with E-state index in [4.69, 9.17) is 11.6 Å².